The third-order valence-corrected chi connectivity index (χ3v) is 6.57. The van der Waals surface area contributed by atoms with E-state index >= 15 is 0 Å². The molecule has 0 radical (unpaired) electrons. The molecular weight excluding hydrogens is 453 g/mol. The zero-order valence-electron chi connectivity index (χ0n) is 18.6. The van der Waals surface area contributed by atoms with Gasteiger partial charge >= 0.3 is 6.18 Å². The summed E-state index contributed by atoms with van der Waals surface area (Å²) in [6.07, 6.45) is 1.15. The molecule has 0 atom stereocenters. The molecule has 1 saturated carbocycles. The molecule has 0 aliphatic heterocycles. The minimum atomic E-state index is -4.38. The molecule has 0 bridgehead atoms. The van der Waals surface area contributed by atoms with E-state index in [9.17, 15) is 13.2 Å². The molecule has 1 N–H and O–H groups in total. The van der Waals surface area contributed by atoms with E-state index in [1.54, 1.807) is 6.07 Å². The fourth-order valence-corrected chi connectivity index (χ4v) is 4.77. The van der Waals surface area contributed by atoms with Gasteiger partial charge in [-0.15, -0.1) is 10.2 Å². The van der Waals surface area contributed by atoms with Crippen LogP contribution in [0.25, 0.3) is 0 Å². The fourth-order valence-electron chi connectivity index (χ4n) is 3.91. The number of anilines is 1. The maximum absolute atomic E-state index is 13.0. The average Bonchev–Trinajstić information content (AvgIpc) is 3.43. The maximum Gasteiger partial charge on any atom is 0.416 e. The summed E-state index contributed by atoms with van der Waals surface area (Å²) in [4.78, 5) is 4.42. The van der Waals surface area contributed by atoms with Gasteiger partial charge in [-0.25, -0.2) is 0 Å². The summed E-state index contributed by atoms with van der Waals surface area (Å²) in [7, 11) is 0. The van der Waals surface area contributed by atoms with Crippen LogP contribution < -0.4 is 5.32 Å². The van der Waals surface area contributed by atoms with Crippen LogP contribution in [0, 0.1) is 0 Å². The molecule has 0 unspecified atom stereocenters. The summed E-state index contributed by atoms with van der Waals surface area (Å²) < 4.78 is 46.6. The molecular formula is C22H27F3N6OS. The molecule has 1 aliphatic rings. The fraction of sp³-hybridized carbons (Fsp3) is 0.545. The van der Waals surface area contributed by atoms with Gasteiger partial charge in [-0.2, -0.15) is 18.2 Å². The number of nitrogens with zero attached hydrogens (tertiary/aromatic N) is 5. The van der Waals surface area contributed by atoms with Crippen molar-refractivity contribution in [2.45, 2.75) is 81.5 Å². The Morgan fingerprint density at radius 2 is 1.97 bits per heavy atom. The molecule has 33 heavy (non-hydrogen) atoms. The average molecular weight is 481 g/mol. The first-order valence-corrected chi connectivity index (χ1v) is 12.1. The van der Waals surface area contributed by atoms with Crippen molar-refractivity contribution in [2.24, 2.45) is 0 Å². The van der Waals surface area contributed by atoms with Gasteiger partial charge in [0, 0.05) is 17.6 Å². The van der Waals surface area contributed by atoms with Gasteiger partial charge in [0.2, 0.25) is 5.89 Å². The van der Waals surface area contributed by atoms with Crippen LogP contribution >= 0.6 is 11.8 Å². The van der Waals surface area contributed by atoms with Crippen molar-refractivity contribution >= 4 is 17.4 Å². The van der Waals surface area contributed by atoms with Crippen molar-refractivity contribution in [3.63, 3.8) is 0 Å². The van der Waals surface area contributed by atoms with E-state index in [0.29, 0.717) is 29.0 Å². The van der Waals surface area contributed by atoms with Gasteiger partial charge in [-0.05, 0) is 31.0 Å². The number of thioether (sulfide) groups is 1. The molecule has 1 fully saturated rings. The monoisotopic (exact) mass is 480 g/mol. The van der Waals surface area contributed by atoms with E-state index in [4.69, 9.17) is 4.52 Å². The normalized spacial score (nSPS) is 15.3. The highest BCUT2D eigenvalue weighted by Crippen LogP contribution is 2.34. The smallest absolute Gasteiger partial charge is 0.378 e. The Bertz CT molecular complexity index is 1060. The molecule has 178 valence electrons. The van der Waals surface area contributed by atoms with Crippen molar-refractivity contribution in [1.82, 2.24) is 24.9 Å². The van der Waals surface area contributed by atoms with Gasteiger partial charge in [0.15, 0.2) is 16.8 Å². The second kappa shape index (κ2) is 10.1. The predicted octanol–water partition coefficient (Wildman–Crippen LogP) is 6.21. The van der Waals surface area contributed by atoms with Gasteiger partial charge in [0.25, 0.3) is 0 Å². The number of hydrogen-bond donors (Lipinski definition) is 1. The molecule has 3 aromatic rings. The summed E-state index contributed by atoms with van der Waals surface area (Å²) in [6.45, 7) is 4.29. The zero-order chi connectivity index (χ0) is 23.4. The Hall–Kier alpha value is -2.56. The van der Waals surface area contributed by atoms with Crippen molar-refractivity contribution in [3.8, 4) is 0 Å². The Morgan fingerprint density at radius 3 is 2.67 bits per heavy atom. The molecule has 0 spiro atoms. The number of aromatic nitrogens is 5. The molecule has 7 nitrogen and oxygen atoms in total. The topological polar surface area (TPSA) is 81.7 Å². The highest BCUT2D eigenvalue weighted by molar-refractivity contribution is 7.98. The van der Waals surface area contributed by atoms with Gasteiger partial charge in [-0.3, -0.25) is 0 Å². The lowest BCUT2D eigenvalue weighted by molar-refractivity contribution is -0.137. The molecule has 11 heteroatoms. The summed E-state index contributed by atoms with van der Waals surface area (Å²) in [5, 5.41) is 16.6. The van der Waals surface area contributed by atoms with E-state index in [1.165, 1.54) is 24.2 Å². The first-order valence-electron chi connectivity index (χ1n) is 11.1. The predicted molar refractivity (Wildman–Crippen MR) is 119 cm³/mol. The van der Waals surface area contributed by atoms with Gasteiger partial charge < -0.3 is 14.4 Å². The van der Waals surface area contributed by atoms with Crippen LogP contribution in [0.1, 0.15) is 81.0 Å². The van der Waals surface area contributed by atoms with Crippen LogP contribution in [-0.4, -0.2) is 24.9 Å². The number of benzene rings is 1. The molecule has 1 aliphatic carbocycles. The van der Waals surface area contributed by atoms with Crippen LogP contribution in [0.15, 0.2) is 33.9 Å². The van der Waals surface area contributed by atoms with E-state index in [1.807, 2.05) is 13.8 Å². The molecule has 1 aromatic carbocycles. The molecule has 4 rings (SSSR count). The summed E-state index contributed by atoms with van der Waals surface area (Å²) in [5.74, 6) is 2.57. The van der Waals surface area contributed by atoms with Gasteiger partial charge in [0.1, 0.15) is 0 Å². The van der Waals surface area contributed by atoms with Crippen molar-refractivity contribution < 1.29 is 17.7 Å². The first-order chi connectivity index (χ1) is 15.8. The van der Waals surface area contributed by atoms with Crippen LogP contribution in [-0.2, 0) is 18.5 Å². The van der Waals surface area contributed by atoms with Gasteiger partial charge in [-0.1, -0.05) is 56.1 Å². The third-order valence-electron chi connectivity index (χ3n) is 5.64. The lowest BCUT2D eigenvalue weighted by Crippen LogP contribution is -2.18. The Balaban J connectivity index is 1.50. The zero-order valence-corrected chi connectivity index (χ0v) is 19.4. The second-order valence-electron chi connectivity index (χ2n) is 8.48. The summed E-state index contributed by atoms with van der Waals surface area (Å²) in [6, 6.07) is 5.46. The Kier molecular flexibility index (Phi) is 7.26. The SMILES string of the molecule is CC(C)c1noc(CSc2nnc(CNc3cccc(C(F)(F)F)c3)n2C2CCCCC2)n1. The number of nitrogens with one attached hydrogen (secondary N) is 1. The molecule has 2 heterocycles. The van der Waals surface area contributed by atoms with Crippen molar-refractivity contribution in [3.05, 3.63) is 47.4 Å². The van der Waals surface area contributed by atoms with E-state index in [2.05, 4.69) is 30.2 Å². The molecule has 2 aromatic heterocycles. The summed E-state index contributed by atoms with van der Waals surface area (Å²) in [5.41, 5.74) is -0.290. The number of halogens is 3. The number of rotatable bonds is 8. The van der Waals surface area contributed by atoms with Crippen molar-refractivity contribution in [1.29, 1.82) is 0 Å². The van der Waals surface area contributed by atoms with E-state index in [-0.39, 0.29) is 18.5 Å². The van der Waals surface area contributed by atoms with Crippen LogP contribution in [0.3, 0.4) is 0 Å². The van der Waals surface area contributed by atoms with Gasteiger partial charge in [0.05, 0.1) is 17.9 Å². The maximum atomic E-state index is 13.0. The number of hydrogen-bond acceptors (Lipinski definition) is 7. The minimum Gasteiger partial charge on any atom is -0.378 e. The van der Waals surface area contributed by atoms with E-state index < -0.39 is 11.7 Å². The molecule has 0 amide bonds. The number of alkyl halides is 3. The Morgan fingerprint density at radius 1 is 1.18 bits per heavy atom. The minimum absolute atomic E-state index is 0.187. The van der Waals surface area contributed by atoms with Crippen LogP contribution in [0.4, 0.5) is 18.9 Å². The lowest BCUT2D eigenvalue weighted by atomic mass is 9.95. The molecule has 0 saturated heterocycles. The highest BCUT2D eigenvalue weighted by Gasteiger charge is 2.30. The summed E-state index contributed by atoms with van der Waals surface area (Å²) >= 11 is 1.48. The van der Waals surface area contributed by atoms with Crippen LogP contribution in [0.2, 0.25) is 0 Å². The van der Waals surface area contributed by atoms with Crippen LogP contribution in [0.5, 0.6) is 0 Å². The van der Waals surface area contributed by atoms with Crippen molar-refractivity contribution in [2.75, 3.05) is 5.32 Å². The lowest BCUT2D eigenvalue weighted by Gasteiger charge is -2.25. The highest BCUT2D eigenvalue weighted by atomic mass is 32.2. The first kappa shape index (κ1) is 23.6. The quantitative estimate of drug-likeness (QED) is 0.384. The second-order valence-corrected chi connectivity index (χ2v) is 9.42. The standard InChI is InChI=1S/C22H27F3N6OS/c1-14(2)20-27-19(32-30-20)13-33-21-29-28-18(31(21)17-9-4-3-5-10-17)12-26-16-8-6-7-15(11-16)22(23,24)25/h6-8,11,14,17,26H,3-5,9-10,12-13H2,1-2H3. The largest absolute Gasteiger partial charge is 0.416 e. The Labute approximate surface area is 194 Å². The van der Waals surface area contributed by atoms with E-state index in [0.717, 1.165) is 43.0 Å². The third kappa shape index (κ3) is 5.87.